The molecule has 0 bridgehead atoms. The maximum Gasteiger partial charge on any atom is 0.286 e. The summed E-state index contributed by atoms with van der Waals surface area (Å²) in [6.07, 6.45) is 0. The predicted molar refractivity (Wildman–Crippen MR) is 86.5 cm³/mol. The second-order valence-corrected chi connectivity index (χ2v) is 8.18. The van der Waals surface area contributed by atoms with Crippen molar-refractivity contribution in [1.82, 2.24) is 0 Å². The first-order chi connectivity index (χ1) is 9.70. The first-order valence-corrected chi connectivity index (χ1v) is 8.95. The number of hydrogen-bond acceptors (Lipinski definition) is 5. The number of fused-ring (bicyclic) bond motifs is 1. The molecule has 0 aromatic heterocycles. The van der Waals surface area contributed by atoms with Gasteiger partial charge in [0.1, 0.15) is 10.7 Å². The number of Topliss-reactive ketones (excluding diaryl/α,β-unsaturated/α-hetero) is 1. The molecule has 7 heteroatoms. The van der Waals surface area contributed by atoms with Gasteiger partial charge in [-0.1, -0.05) is 31.7 Å². The molecular formula is C14H18N2O3S2. The number of nitrogens with zero attached hydrogens (tertiary/aromatic N) is 1. The molecule has 0 saturated heterocycles. The third-order valence-electron chi connectivity index (χ3n) is 3.26. The van der Waals surface area contributed by atoms with Crippen LogP contribution in [0.25, 0.3) is 0 Å². The molecular weight excluding hydrogens is 308 g/mol. The van der Waals surface area contributed by atoms with Crippen molar-refractivity contribution in [2.75, 3.05) is 5.32 Å². The van der Waals surface area contributed by atoms with E-state index in [0.717, 1.165) is 17.3 Å². The quantitative estimate of drug-likeness (QED) is 0.924. The maximum absolute atomic E-state index is 12.3. The Bertz CT molecular complexity index is 709. The molecule has 0 saturated carbocycles. The van der Waals surface area contributed by atoms with Crippen molar-refractivity contribution >= 4 is 38.4 Å². The van der Waals surface area contributed by atoms with E-state index in [-0.39, 0.29) is 27.0 Å². The highest BCUT2D eigenvalue weighted by Gasteiger charge is 2.27. The van der Waals surface area contributed by atoms with Gasteiger partial charge in [-0.3, -0.25) is 4.79 Å². The van der Waals surface area contributed by atoms with E-state index in [9.17, 15) is 13.2 Å². The zero-order chi connectivity index (χ0) is 15.8. The Kier molecular flexibility index (Phi) is 4.43. The first kappa shape index (κ1) is 16.0. The number of carbonyl (C=O) groups is 1. The van der Waals surface area contributed by atoms with Crippen LogP contribution in [-0.4, -0.2) is 24.6 Å². The Balaban J connectivity index is 2.38. The van der Waals surface area contributed by atoms with Crippen LogP contribution in [0.15, 0.2) is 27.5 Å². The zero-order valence-electron chi connectivity index (χ0n) is 12.4. The Labute approximate surface area is 129 Å². The second kappa shape index (κ2) is 5.81. The molecule has 0 aliphatic carbocycles. The summed E-state index contributed by atoms with van der Waals surface area (Å²) in [4.78, 5) is 11.5. The molecule has 114 valence electrons. The third-order valence-corrected chi connectivity index (χ3v) is 5.79. The molecule has 1 unspecified atom stereocenters. The van der Waals surface area contributed by atoms with Gasteiger partial charge in [-0.2, -0.15) is 8.42 Å². The average Bonchev–Trinajstić information content (AvgIpc) is 2.37. The number of benzene rings is 1. The van der Waals surface area contributed by atoms with Gasteiger partial charge in [-0.15, -0.1) is 4.40 Å². The smallest absolute Gasteiger partial charge is 0.286 e. The predicted octanol–water partition coefficient (Wildman–Crippen LogP) is 2.99. The van der Waals surface area contributed by atoms with Gasteiger partial charge >= 0.3 is 0 Å². The second-order valence-electron chi connectivity index (χ2n) is 5.28. The summed E-state index contributed by atoms with van der Waals surface area (Å²) in [5, 5.41) is 2.88. The summed E-state index contributed by atoms with van der Waals surface area (Å²) in [6.45, 7) is 7.20. The molecule has 1 aliphatic rings. The number of anilines is 1. The van der Waals surface area contributed by atoms with Crippen LogP contribution in [-0.2, 0) is 14.8 Å². The van der Waals surface area contributed by atoms with E-state index in [1.807, 2.05) is 19.9 Å². The van der Waals surface area contributed by atoms with E-state index in [1.54, 1.807) is 19.1 Å². The molecule has 0 radical (unpaired) electrons. The molecule has 1 aromatic rings. The maximum atomic E-state index is 12.3. The highest BCUT2D eigenvalue weighted by atomic mass is 32.2. The fraction of sp³-hybridized carbons (Fsp3) is 0.429. The lowest BCUT2D eigenvalue weighted by Crippen LogP contribution is -2.23. The number of rotatable bonds is 3. The highest BCUT2D eigenvalue weighted by Crippen LogP contribution is 2.32. The molecule has 1 atom stereocenters. The van der Waals surface area contributed by atoms with Crippen LogP contribution in [0.5, 0.6) is 0 Å². The van der Waals surface area contributed by atoms with Gasteiger partial charge in [0.15, 0.2) is 5.17 Å². The lowest BCUT2D eigenvalue weighted by atomic mass is 10.0. The Morgan fingerprint density at radius 1 is 1.29 bits per heavy atom. The minimum absolute atomic E-state index is 0.0251. The average molecular weight is 326 g/mol. The standard InChI is InChI=1S/C14H18N2O3S2/c1-8(2)11-5-6-12-13(7-11)21(18,19)16-14(15-12)20-10(4)9(3)17/h5-8,10H,1-4H3,(H,15,16). The van der Waals surface area contributed by atoms with Crippen molar-refractivity contribution in [3.05, 3.63) is 23.8 Å². The van der Waals surface area contributed by atoms with Gasteiger partial charge in [-0.05, 0) is 37.5 Å². The fourth-order valence-corrected chi connectivity index (χ4v) is 3.99. The summed E-state index contributed by atoms with van der Waals surface area (Å²) in [6, 6.07) is 5.30. The van der Waals surface area contributed by atoms with Gasteiger partial charge in [-0.25, -0.2) is 0 Å². The molecule has 0 fully saturated rings. The summed E-state index contributed by atoms with van der Waals surface area (Å²) < 4.78 is 28.3. The van der Waals surface area contributed by atoms with Crippen molar-refractivity contribution < 1.29 is 13.2 Å². The van der Waals surface area contributed by atoms with Gasteiger partial charge in [0.05, 0.1) is 10.9 Å². The molecule has 1 aromatic carbocycles. The monoisotopic (exact) mass is 326 g/mol. The third kappa shape index (κ3) is 3.47. The van der Waals surface area contributed by atoms with Crippen LogP contribution in [0.4, 0.5) is 5.69 Å². The van der Waals surface area contributed by atoms with Gasteiger partial charge < -0.3 is 5.32 Å². The number of amidine groups is 1. The van der Waals surface area contributed by atoms with E-state index in [0.29, 0.717) is 5.69 Å². The van der Waals surface area contributed by atoms with Crippen molar-refractivity contribution in [3.63, 3.8) is 0 Å². The SMILES string of the molecule is CC(=O)C(C)SC1=NS(=O)(=O)c2cc(C(C)C)ccc2N1. The topological polar surface area (TPSA) is 75.6 Å². The molecule has 1 N–H and O–H groups in total. The van der Waals surface area contributed by atoms with Gasteiger partial charge in [0, 0.05) is 0 Å². The lowest BCUT2D eigenvalue weighted by molar-refractivity contribution is -0.116. The number of hydrogen-bond donors (Lipinski definition) is 1. The molecule has 21 heavy (non-hydrogen) atoms. The van der Waals surface area contributed by atoms with Crippen molar-refractivity contribution in [2.45, 2.75) is 43.8 Å². The normalized spacial score (nSPS) is 17.7. The number of ketones is 1. The van der Waals surface area contributed by atoms with E-state index in [2.05, 4.69) is 9.71 Å². The summed E-state index contributed by atoms with van der Waals surface area (Å²) in [5.74, 6) is 0.214. The number of sulfonamides is 1. The zero-order valence-corrected chi connectivity index (χ0v) is 14.0. The molecule has 0 spiro atoms. The van der Waals surface area contributed by atoms with E-state index < -0.39 is 10.0 Å². The minimum atomic E-state index is -3.73. The van der Waals surface area contributed by atoms with E-state index in [4.69, 9.17) is 0 Å². The summed E-state index contributed by atoms with van der Waals surface area (Å²) >= 11 is 1.12. The van der Waals surface area contributed by atoms with Gasteiger partial charge in [0.2, 0.25) is 0 Å². The Morgan fingerprint density at radius 3 is 2.52 bits per heavy atom. The van der Waals surface area contributed by atoms with Crippen LogP contribution in [0.3, 0.4) is 0 Å². The van der Waals surface area contributed by atoms with Crippen LogP contribution < -0.4 is 5.32 Å². The Hall–Kier alpha value is -1.34. The number of carbonyl (C=O) groups excluding carboxylic acids is 1. The summed E-state index contributed by atoms with van der Waals surface area (Å²) in [7, 11) is -3.73. The van der Waals surface area contributed by atoms with Crippen LogP contribution in [0.2, 0.25) is 0 Å². The number of nitrogens with one attached hydrogen (secondary N) is 1. The van der Waals surface area contributed by atoms with E-state index >= 15 is 0 Å². The highest BCUT2D eigenvalue weighted by molar-refractivity contribution is 8.15. The first-order valence-electron chi connectivity index (χ1n) is 6.64. The van der Waals surface area contributed by atoms with Crippen molar-refractivity contribution in [3.8, 4) is 0 Å². The molecule has 1 aliphatic heterocycles. The Morgan fingerprint density at radius 2 is 1.95 bits per heavy atom. The van der Waals surface area contributed by atoms with Crippen LogP contribution >= 0.6 is 11.8 Å². The molecule has 5 nitrogen and oxygen atoms in total. The lowest BCUT2D eigenvalue weighted by Gasteiger charge is -2.20. The van der Waals surface area contributed by atoms with Crippen LogP contribution in [0, 0.1) is 0 Å². The summed E-state index contributed by atoms with van der Waals surface area (Å²) in [5.41, 5.74) is 1.45. The molecule has 1 heterocycles. The minimum Gasteiger partial charge on any atom is -0.333 e. The van der Waals surface area contributed by atoms with Crippen LogP contribution in [0.1, 0.15) is 39.2 Å². The van der Waals surface area contributed by atoms with Crippen molar-refractivity contribution in [1.29, 1.82) is 0 Å². The molecule has 2 rings (SSSR count). The fourth-order valence-electron chi connectivity index (χ4n) is 1.81. The molecule has 0 amide bonds. The largest absolute Gasteiger partial charge is 0.333 e. The number of thioether (sulfide) groups is 1. The van der Waals surface area contributed by atoms with E-state index in [1.165, 1.54) is 6.92 Å². The van der Waals surface area contributed by atoms with Crippen molar-refractivity contribution in [2.24, 2.45) is 4.40 Å². The van der Waals surface area contributed by atoms with Gasteiger partial charge in [0.25, 0.3) is 10.0 Å².